The summed E-state index contributed by atoms with van der Waals surface area (Å²) in [6.07, 6.45) is 0. The van der Waals surface area contributed by atoms with E-state index in [9.17, 15) is 25.9 Å². The normalized spacial score (nSPS) is 12.1. The van der Waals surface area contributed by atoms with Crippen LogP contribution in [0, 0.1) is 0 Å². The van der Waals surface area contributed by atoms with Crippen molar-refractivity contribution in [2.75, 3.05) is 14.2 Å². The van der Waals surface area contributed by atoms with Gasteiger partial charge in [-0.3, -0.25) is 9.11 Å². The molecule has 2 aromatic rings. The maximum atomic E-state index is 11.7. The van der Waals surface area contributed by atoms with Gasteiger partial charge in [0.25, 0.3) is 20.2 Å². The van der Waals surface area contributed by atoms with Crippen molar-refractivity contribution in [1.82, 2.24) is 0 Å². The monoisotopic (exact) mass is 530 g/mol. The van der Waals surface area contributed by atoms with Crippen molar-refractivity contribution in [2.24, 2.45) is 0 Å². The van der Waals surface area contributed by atoms with Gasteiger partial charge in [-0.05, 0) is 56.1 Å². The molecule has 2 N–H and O–H groups in total. The molecule has 0 unspecified atom stereocenters. The molecule has 26 heavy (non-hydrogen) atoms. The second-order valence-corrected chi connectivity index (χ2v) is 9.29. The van der Waals surface area contributed by atoms with Gasteiger partial charge >= 0.3 is 0 Å². The Hall–Kier alpha value is -1.18. The highest BCUT2D eigenvalue weighted by molar-refractivity contribution is 9.10. The van der Waals surface area contributed by atoms with Crippen molar-refractivity contribution in [3.8, 4) is 22.6 Å². The third-order valence-electron chi connectivity index (χ3n) is 3.34. The topological polar surface area (TPSA) is 127 Å². The Morgan fingerprint density at radius 2 is 1.04 bits per heavy atom. The molecule has 0 spiro atoms. The van der Waals surface area contributed by atoms with E-state index >= 15 is 0 Å². The highest BCUT2D eigenvalue weighted by Crippen LogP contribution is 2.46. The summed E-state index contributed by atoms with van der Waals surface area (Å²) in [7, 11) is -6.95. The Kier molecular flexibility index (Phi) is 6.05. The number of ether oxygens (including phenoxy) is 2. The third kappa shape index (κ3) is 3.89. The van der Waals surface area contributed by atoms with E-state index in [1.807, 2.05) is 0 Å². The maximum absolute atomic E-state index is 11.7. The molecule has 0 bridgehead atoms. The van der Waals surface area contributed by atoms with E-state index in [1.165, 1.54) is 38.5 Å². The van der Waals surface area contributed by atoms with Gasteiger partial charge in [0.1, 0.15) is 11.5 Å². The molecule has 0 atom stereocenters. The average molecular weight is 532 g/mol. The number of hydrogen-bond donors (Lipinski definition) is 2. The summed E-state index contributed by atoms with van der Waals surface area (Å²) < 4.78 is 76.3. The minimum absolute atomic E-state index is 0.0479. The minimum Gasteiger partial charge on any atom is -0.495 e. The maximum Gasteiger partial charge on any atom is 0.299 e. The van der Waals surface area contributed by atoms with Gasteiger partial charge in [0.2, 0.25) is 0 Å². The first-order chi connectivity index (χ1) is 11.9. The zero-order valence-electron chi connectivity index (χ0n) is 13.2. The van der Waals surface area contributed by atoms with Crippen LogP contribution in [0.15, 0.2) is 43.0 Å². The molecule has 0 heterocycles. The molecule has 8 nitrogen and oxygen atoms in total. The fraction of sp³-hybridized carbons (Fsp3) is 0.143. The predicted molar refractivity (Wildman–Crippen MR) is 100 cm³/mol. The predicted octanol–water partition coefficient (Wildman–Crippen LogP) is 3.39. The second kappa shape index (κ2) is 7.44. The minimum atomic E-state index is -4.66. The van der Waals surface area contributed by atoms with E-state index in [0.29, 0.717) is 0 Å². The highest BCUT2D eigenvalue weighted by atomic mass is 79.9. The summed E-state index contributed by atoms with van der Waals surface area (Å²) >= 11 is 6.06. The first-order valence-electron chi connectivity index (χ1n) is 6.61. The fourth-order valence-corrected chi connectivity index (χ4v) is 5.72. The molecule has 0 amide bonds. The summed E-state index contributed by atoms with van der Waals surface area (Å²) in [6.45, 7) is 0. The smallest absolute Gasteiger partial charge is 0.299 e. The Bertz CT molecular complexity index is 991. The van der Waals surface area contributed by atoms with Crippen LogP contribution < -0.4 is 9.47 Å². The molecule has 0 aliphatic heterocycles. The van der Waals surface area contributed by atoms with Crippen LogP contribution in [-0.2, 0) is 20.2 Å². The molecule has 0 saturated heterocycles. The first kappa shape index (κ1) is 21.1. The van der Waals surface area contributed by atoms with Gasteiger partial charge in [-0.2, -0.15) is 16.8 Å². The molecular formula is C14H12Br2O8S2. The molecule has 0 aliphatic rings. The number of halogens is 2. The fourth-order valence-electron chi connectivity index (χ4n) is 2.39. The van der Waals surface area contributed by atoms with Crippen LogP contribution >= 0.6 is 31.9 Å². The lowest BCUT2D eigenvalue weighted by atomic mass is 10.0. The average Bonchev–Trinajstić information content (AvgIpc) is 2.51. The molecule has 142 valence electrons. The third-order valence-corrected chi connectivity index (χ3v) is 7.03. The largest absolute Gasteiger partial charge is 0.495 e. The van der Waals surface area contributed by atoms with Gasteiger partial charge in [-0.1, -0.05) is 0 Å². The van der Waals surface area contributed by atoms with Crippen molar-refractivity contribution < 1.29 is 35.4 Å². The highest BCUT2D eigenvalue weighted by Gasteiger charge is 2.29. The second-order valence-electron chi connectivity index (χ2n) is 4.86. The van der Waals surface area contributed by atoms with Gasteiger partial charge < -0.3 is 9.47 Å². The molecule has 0 aliphatic carbocycles. The summed E-state index contributed by atoms with van der Waals surface area (Å²) in [6, 6.07) is 5.57. The quantitative estimate of drug-likeness (QED) is 0.562. The van der Waals surface area contributed by atoms with Gasteiger partial charge in [0.15, 0.2) is 9.79 Å². The van der Waals surface area contributed by atoms with Crippen LogP contribution in [0.3, 0.4) is 0 Å². The Balaban J connectivity index is 3.00. The van der Waals surface area contributed by atoms with Crippen molar-refractivity contribution in [3.63, 3.8) is 0 Å². The van der Waals surface area contributed by atoms with Crippen molar-refractivity contribution in [1.29, 1.82) is 0 Å². The Morgan fingerprint density at radius 1 is 0.731 bits per heavy atom. The van der Waals surface area contributed by atoms with Crippen LogP contribution in [0.1, 0.15) is 0 Å². The SMILES string of the molecule is COc1c(-c2ccc(Br)c(S(=O)(=O)O)c2OC)ccc(Br)c1S(=O)(=O)O. The summed E-state index contributed by atoms with van der Waals surface area (Å²) in [5, 5.41) is 0. The Morgan fingerprint density at radius 3 is 1.27 bits per heavy atom. The van der Waals surface area contributed by atoms with Crippen molar-refractivity contribution in [3.05, 3.63) is 33.2 Å². The number of rotatable bonds is 5. The number of hydrogen-bond acceptors (Lipinski definition) is 6. The van der Waals surface area contributed by atoms with E-state index in [-0.39, 0.29) is 31.6 Å². The van der Waals surface area contributed by atoms with E-state index in [2.05, 4.69) is 31.9 Å². The van der Waals surface area contributed by atoms with Crippen LogP contribution in [0.5, 0.6) is 11.5 Å². The summed E-state index contributed by atoms with van der Waals surface area (Å²) in [4.78, 5) is -1.06. The summed E-state index contributed by atoms with van der Waals surface area (Å²) in [5.74, 6) is -0.465. The van der Waals surface area contributed by atoms with Gasteiger partial charge in [0, 0.05) is 20.1 Å². The summed E-state index contributed by atoms with van der Waals surface area (Å²) in [5.41, 5.74) is 0.246. The zero-order chi connectivity index (χ0) is 19.9. The molecule has 2 rings (SSSR count). The van der Waals surface area contributed by atoms with E-state index in [0.717, 1.165) is 0 Å². The van der Waals surface area contributed by atoms with Gasteiger partial charge in [0.05, 0.1) is 14.2 Å². The van der Waals surface area contributed by atoms with E-state index in [1.54, 1.807) is 0 Å². The molecule has 0 aromatic heterocycles. The lowest BCUT2D eigenvalue weighted by molar-refractivity contribution is 0.392. The van der Waals surface area contributed by atoms with Gasteiger partial charge in [-0.25, -0.2) is 0 Å². The molecule has 0 fully saturated rings. The standard InChI is InChI=1S/C14H12Br2O8S2/c1-23-11-7(3-5-9(15)13(11)25(17,18)19)8-4-6-10(16)14(12(8)24-2)26(20,21)22/h3-6H,1-2H3,(H,17,18,19)(H,20,21,22). The van der Waals surface area contributed by atoms with Gasteiger partial charge in [-0.15, -0.1) is 0 Å². The van der Waals surface area contributed by atoms with Crippen molar-refractivity contribution in [2.45, 2.75) is 9.79 Å². The lowest BCUT2D eigenvalue weighted by Gasteiger charge is -2.17. The molecular weight excluding hydrogens is 520 g/mol. The van der Waals surface area contributed by atoms with Crippen LogP contribution in [-0.4, -0.2) is 40.2 Å². The molecule has 12 heteroatoms. The van der Waals surface area contributed by atoms with Crippen LogP contribution in [0.25, 0.3) is 11.1 Å². The lowest BCUT2D eigenvalue weighted by Crippen LogP contribution is -2.06. The zero-order valence-corrected chi connectivity index (χ0v) is 18.0. The molecule has 2 aromatic carbocycles. The first-order valence-corrected chi connectivity index (χ1v) is 11.1. The van der Waals surface area contributed by atoms with Crippen molar-refractivity contribution >= 4 is 52.1 Å². The van der Waals surface area contributed by atoms with Crippen LogP contribution in [0.2, 0.25) is 0 Å². The van der Waals surface area contributed by atoms with E-state index in [4.69, 9.17) is 9.47 Å². The number of benzene rings is 2. The number of methoxy groups -OCH3 is 2. The molecule has 0 radical (unpaired) electrons. The Labute approximate surface area is 166 Å². The molecule has 0 saturated carbocycles. The van der Waals surface area contributed by atoms with Crippen LogP contribution in [0.4, 0.5) is 0 Å². The van der Waals surface area contributed by atoms with E-state index < -0.39 is 30.0 Å².